The molecule has 0 radical (unpaired) electrons. The largest absolute Gasteiger partial charge is 0.368 e. The molecule has 1 aromatic carbocycles. The first kappa shape index (κ1) is 14.8. The van der Waals surface area contributed by atoms with E-state index in [1.165, 1.54) is 0 Å². The lowest BCUT2D eigenvalue weighted by Crippen LogP contribution is -2.19. The molecule has 0 spiro atoms. The summed E-state index contributed by atoms with van der Waals surface area (Å²) in [5.74, 6) is 0. The molecule has 2 atom stereocenters. The van der Waals surface area contributed by atoms with E-state index in [4.69, 9.17) is 27.9 Å². The molecule has 0 fully saturated rings. The minimum atomic E-state index is -0.725. The van der Waals surface area contributed by atoms with E-state index in [0.717, 1.165) is 16.1 Å². The van der Waals surface area contributed by atoms with Crippen LogP contribution in [0.3, 0.4) is 0 Å². The van der Waals surface area contributed by atoms with Crippen molar-refractivity contribution in [3.63, 3.8) is 0 Å². The predicted molar refractivity (Wildman–Crippen MR) is 71.8 cm³/mol. The van der Waals surface area contributed by atoms with Crippen molar-refractivity contribution in [3.8, 4) is 0 Å². The van der Waals surface area contributed by atoms with Crippen LogP contribution in [-0.2, 0) is 11.2 Å². The van der Waals surface area contributed by atoms with Crippen molar-refractivity contribution in [2.45, 2.75) is 38.4 Å². The Morgan fingerprint density at radius 2 is 2.12 bits per heavy atom. The third-order valence-electron chi connectivity index (χ3n) is 2.64. The topological polar surface area (TPSA) is 29.5 Å². The molecule has 0 saturated carbocycles. The number of alkyl halides is 1. The quantitative estimate of drug-likeness (QED) is 0.636. The Kier molecular flexibility index (Phi) is 6.28. The smallest absolute Gasteiger partial charge is 0.154 e. The van der Waals surface area contributed by atoms with Crippen molar-refractivity contribution in [2.75, 3.05) is 6.61 Å². The zero-order valence-corrected chi connectivity index (χ0v) is 11.6. The van der Waals surface area contributed by atoms with Crippen molar-refractivity contribution in [2.24, 2.45) is 0 Å². The van der Waals surface area contributed by atoms with E-state index in [1.54, 1.807) is 0 Å². The van der Waals surface area contributed by atoms with E-state index in [1.807, 2.05) is 32.0 Å². The molecule has 2 nitrogen and oxygen atoms in total. The van der Waals surface area contributed by atoms with E-state index in [-0.39, 0.29) is 5.38 Å². The van der Waals surface area contributed by atoms with Gasteiger partial charge in [-0.05, 0) is 37.0 Å². The first-order valence-electron chi connectivity index (χ1n) is 5.72. The number of rotatable bonds is 6. The lowest BCUT2D eigenvalue weighted by molar-refractivity contribution is -0.0996. The maximum absolute atomic E-state index is 9.27. The van der Waals surface area contributed by atoms with Crippen LogP contribution in [0.25, 0.3) is 0 Å². The second-order valence-corrected chi connectivity index (χ2v) is 5.05. The minimum Gasteiger partial charge on any atom is -0.368 e. The van der Waals surface area contributed by atoms with Gasteiger partial charge in [0.05, 0.1) is 12.0 Å². The molecule has 0 heterocycles. The second-order valence-electron chi connectivity index (χ2n) is 4.02. The Morgan fingerprint density at radius 3 is 2.76 bits per heavy atom. The SMILES string of the molecule is CCC(O)OCC(Cl)Cc1cccc(Cl)c1C. The zero-order valence-electron chi connectivity index (χ0n) is 10.1. The van der Waals surface area contributed by atoms with Crippen molar-refractivity contribution in [1.82, 2.24) is 0 Å². The molecule has 0 aliphatic carbocycles. The molecule has 0 aliphatic rings. The second kappa shape index (κ2) is 7.22. The third-order valence-corrected chi connectivity index (χ3v) is 3.33. The summed E-state index contributed by atoms with van der Waals surface area (Å²) in [4.78, 5) is 0. The van der Waals surface area contributed by atoms with Gasteiger partial charge in [0.15, 0.2) is 6.29 Å². The first-order valence-corrected chi connectivity index (χ1v) is 6.53. The first-order chi connectivity index (χ1) is 8.04. The van der Waals surface area contributed by atoms with Gasteiger partial charge in [-0.3, -0.25) is 0 Å². The predicted octanol–water partition coefficient (Wildman–Crippen LogP) is 3.54. The van der Waals surface area contributed by atoms with Crippen LogP contribution in [-0.4, -0.2) is 23.4 Å². The van der Waals surface area contributed by atoms with Crippen molar-refractivity contribution < 1.29 is 9.84 Å². The van der Waals surface area contributed by atoms with E-state index >= 15 is 0 Å². The number of halogens is 2. The summed E-state index contributed by atoms with van der Waals surface area (Å²) in [6, 6.07) is 5.78. The van der Waals surface area contributed by atoms with Crippen molar-refractivity contribution in [3.05, 3.63) is 34.3 Å². The van der Waals surface area contributed by atoms with Gasteiger partial charge in [-0.1, -0.05) is 30.7 Å². The summed E-state index contributed by atoms with van der Waals surface area (Å²) < 4.78 is 5.19. The fraction of sp³-hybridized carbons (Fsp3) is 0.538. The number of aliphatic hydroxyl groups excluding tert-OH is 1. The minimum absolute atomic E-state index is 0.159. The summed E-state index contributed by atoms with van der Waals surface area (Å²) in [6.07, 6.45) is 0.529. The fourth-order valence-corrected chi connectivity index (χ4v) is 1.94. The molecular formula is C13H18Cl2O2. The molecule has 1 rings (SSSR count). The molecule has 0 amide bonds. The zero-order chi connectivity index (χ0) is 12.8. The Labute approximate surface area is 113 Å². The van der Waals surface area contributed by atoms with Gasteiger partial charge in [0.25, 0.3) is 0 Å². The van der Waals surface area contributed by atoms with Gasteiger partial charge >= 0.3 is 0 Å². The molecule has 0 bridgehead atoms. The summed E-state index contributed by atoms with van der Waals surface area (Å²) in [5.41, 5.74) is 2.17. The molecule has 4 heteroatoms. The van der Waals surface area contributed by atoms with E-state index in [9.17, 15) is 5.11 Å². The van der Waals surface area contributed by atoms with Crippen LogP contribution in [0.15, 0.2) is 18.2 Å². The van der Waals surface area contributed by atoms with Crippen LogP contribution in [0, 0.1) is 6.92 Å². The molecule has 0 aliphatic heterocycles. The number of aliphatic hydroxyl groups is 1. The van der Waals surface area contributed by atoms with Gasteiger partial charge in [0.1, 0.15) is 0 Å². The highest BCUT2D eigenvalue weighted by Crippen LogP contribution is 2.21. The van der Waals surface area contributed by atoms with E-state index < -0.39 is 6.29 Å². The van der Waals surface area contributed by atoms with Gasteiger partial charge in [-0.25, -0.2) is 0 Å². The summed E-state index contributed by atoms with van der Waals surface area (Å²) in [6.45, 7) is 4.17. The molecule has 2 unspecified atom stereocenters. The molecule has 0 saturated heterocycles. The van der Waals surface area contributed by atoms with Crippen LogP contribution in [0.1, 0.15) is 24.5 Å². The van der Waals surface area contributed by atoms with Crippen LogP contribution in [0.5, 0.6) is 0 Å². The van der Waals surface area contributed by atoms with E-state index in [2.05, 4.69) is 0 Å². The summed E-state index contributed by atoms with van der Waals surface area (Å²) in [5, 5.41) is 9.86. The summed E-state index contributed by atoms with van der Waals surface area (Å²) in [7, 11) is 0. The van der Waals surface area contributed by atoms with Crippen LogP contribution >= 0.6 is 23.2 Å². The number of hydrogen-bond acceptors (Lipinski definition) is 2. The van der Waals surface area contributed by atoms with Gasteiger partial charge in [0.2, 0.25) is 0 Å². The van der Waals surface area contributed by atoms with Gasteiger partial charge < -0.3 is 9.84 Å². The lowest BCUT2D eigenvalue weighted by Gasteiger charge is -2.15. The average Bonchev–Trinajstić information content (AvgIpc) is 2.32. The average molecular weight is 277 g/mol. The normalized spacial score (nSPS) is 14.6. The third kappa shape index (κ3) is 4.84. The van der Waals surface area contributed by atoms with Crippen molar-refractivity contribution >= 4 is 23.2 Å². The monoisotopic (exact) mass is 276 g/mol. The van der Waals surface area contributed by atoms with Gasteiger partial charge in [0, 0.05) is 5.02 Å². The number of ether oxygens (including phenoxy) is 1. The molecule has 1 N–H and O–H groups in total. The molecular weight excluding hydrogens is 259 g/mol. The fourth-order valence-electron chi connectivity index (χ4n) is 1.50. The highest BCUT2D eigenvalue weighted by molar-refractivity contribution is 6.31. The summed E-state index contributed by atoms with van der Waals surface area (Å²) >= 11 is 12.2. The standard InChI is InChI=1S/C13H18Cl2O2/c1-3-13(16)17-8-11(14)7-10-5-4-6-12(15)9(10)2/h4-6,11,13,16H,3,7-8H2,1-2H3. The van der Waals surface area contributed by atoms with Crippen molar-refractivity contribution in [1.29, 1.82) is 0 Å². The maximum atomic E-state index is 9.27. The van der Waals surface area contributed by atoms with Crippen LogP contribution in [0.2, 0.25) is 5.02 Å². The Morgan fingerprint density at radius 1 is 1.41 bits per heavy atom. The highest BCUT2D eigenvalue weighted by atomic mass is 35.5. The lowest BCUT2D eigenvalue weighted by atomic mass is 10.0. The van der Waals surface area contributed by atoms with Crippen LogP contribution < -0.4 is 0 Å². The van der Waals surface area contributed by atoms with E-state index in [0.29, 0.717) is 19.4 Å². The molecule has 0 aromatic heterocycles. The van der Waals surface area contributed by atoms with Gasteiger partial charge in [-0.15, -0.1) is 11.6 Å². The Bertz CT molecular complexity index is 355. The van der Waals surface area contributed by atoms with Crippen LogP contribution in [0.4, 0.5) is 0 Å². The molecule has 96 valence electrons. The highest BCUT2D eigenvalue weighted by Gasteiger charge is 2.11. The number of hydrogen-bond donors (Lipinski definition) is 1. The molecule has 1 aromatic rings. The number of benzene rings is 1. The van der Waals surface area contributed by atoms with Gasteiger partial charge in [-0.2, -0.15) is 0 Å². The maximum Gasteiger partial charge on any atom is 0.154 e. The Hall–Kier alpha value is -0.280. The Balaban J connectivity index is 2.50. The molecule has 17 heavy (non-hydrogen) atoms.